The minimum atomic E-state index is -0.281. The first-order valence-corrected chi connectivity index (χ1v) is 6.59. The molecule has 0 unspecified atom stereocenters. The third-order valence-corrected chi connectivity index (χ3v) is 3.27. The Kier molecular flexibility index (Phi) is 4.04. The van der Waals surface area contributed by atoms with E-state index in [0.29, 0.717) is 15.8 Å². The summed E-state index contributed by atoms with van der Waals surface area (Å²) in [5.74, 6) is 0.233. The van der Waals surface area contributed by atoms with Crippen LogP contribution in [-0.2, 0) is 6.54 Å². The Bertz CT molecular complexity index is 632. The minimum absolute atomic E-state index is 0.192. The van der Waals surface area contributed by atoms with E-state index in [1.807, 2.05) is 0 Å². The Morgan fingerprint density at radius 3 is 2.80 bits per heavy atom. The fraction of sp³-hybridized carbons (Fsp3) is 0.250. The van der Waals surface area contributed by atoms with E-state index in [-0.39, 0.29) is 24.1 Å². The highest BCUT2D eigenvalue weighted by atomic mass is 32.1. The predicted octanol–water partition coefficient (Wildman–Crippen LogP) is 0.950. The molecule has 0 saturated heterocycles. The second kappa shape index (κ2) is 5.74. The van der Waals surface area contributed by atoms with Crippen LogP contribution in [-0.4, -0.2) is 35.8 Å². The zero-order valence-corrected chi connectivity index (χ0v) is 11.9. The normalized spacial score (nSPS) is 10.3. The Morgan fingerprint density at radius 1 is 1.45 bits per heavy atom. The number of rotatable bonds is 4. The zero-order valence-electron chi connectivity index (χ0n) is 11.0. The molecule has 3 N–H and O–H groups in total. The first-order valence-electron chi connectivity index (χ1n) is 5.77. The van der Waals surface area contributed by atoms with Crippen LogP contribution in [0.5, 0.6) is 0 Å². The van der Waals surface area contributed by atoms with Gasteiger partial charge < -0.3 is 20.4 Å². The molecule has 7 nitrogen and oxygen atoms in total. The molecule has 106 valence electrons. The monoisotopic (exact) mass is 294 g/mol. The minimum Gasteiger partial charge on any atom is -0.454 e. The summed E-state index contributed by atoms with van der Waals surface area (Å²) < 4.78 is 5.36. The number of aromatic nitrogens is 1. The number of furan rings is 1. The SMILES string of the molecule is CN(C)C(=O)c1ccc(CNC(=O)c2cnc(N)s2)o1. The van der Waals surface area contributed by atoms with Crippen LogP contribution in [0.15, 0.2) is 22.7 Å². The molecule has 0 spiro atoms. The lowest BCUT2D eigenvalue weighted by Crippen LogP contribution is -2.22. The summed E-state index contributed by atoms with van der Waals surface area (Å²) in [7, 11) is 3.28. The number of nitrogens with zero attached hydrogens (tertiary/aromatic N) is 2. The van der Waals surface area contributed by atoms with Crippen molar-refractivity contribution in [1.82, 2.24) is 15.2 Å². The number of anilines is 1. The number of nitrogens with two attached hydrogens (primary N) is 1. The Hall–Kier alpha value is -2.35. The smallest absolute Gasteiger partial charge is 0.289 e. The predicted molar refractivity (Wildman–Crippen MR) is 74.4 cm³/mol. The van der Waals surface area contributed by atoms with Crippen molar-refractivity contribution in [3.05, 3.63) is 34.7 Å². The van der Waals surface area contributed by atoms with Crippen LogP contribution in [0, 0.1) is 0 Å². The van der Waals surface area contributed by atoms with Gasteiger partial charge in [0.2, 0.25) is 0 Å². The molecule has 8 heteroatoms. The molecule has 0 atom stereocenters. The highest BCUT2D eigenvalue weighted by Crippen LogP contribution is 2.14. The molecular formula is C12H14N4O3S. The lowest BCUT2D eigenvalue weighted by atomic mass is 10.4. The quantitative estimate of drug-likeness (QED) is 0.874. The Morgan fingerprint density at radius 2 is 2.20 bits per heavy atom. The summed E-state index contributed by atoms with van der Waals surface area (Å²) in [5.41, 5.74) is 5.46. The van der Waals surface area contributed by atoms with Gasteiger partial charge >= 0.3 is 0 Å². The molecule has 0 radical (unpaired) electrons. The van der Waals surface area contributed by atoms with E-state index in [2.05, 4.69) is 10.3 Å². The summed E-state index contributed by atoms with van der Waals surface area (Å²) in [4.78, 5) is 29.1. The second-order valence-electron chi connectivity index (χ2n) is 4.21. The number of carbonyl (C=O) groups excluding carboxylic acids is 2. The molecule has 0 aromatic carbocycles. The maximum atomic E-state index is 11.8. The second-order valence-corrected chi connectivity index (χ2v) is 5.27. The highest BCUT2D eigenvalue weighted by molar-refractivity contribution is 7.17. The molecule has 0 bridgehead atoms. The van der Waals surface area contributed by atoms with Crippen molar-refractivity contribution < 1.29 is 14.0 Å². The molecule has 0 aliphatic carbocycles. The van der Waals surface area contributed by atoms with Crippen molar-refractivity contribution in [2.24, 2.45) is 0 Å². The lowest BCUT2D eigenvalue weighted by molar-refractivity contribution is 0.0794. The molecule has 2 amide bonds. The summed E-state index contributed by atoms with van der Waals surface area (Å²) in [5, 5.41) is 3.01. The van der Waals surface area contributed by atoms with E-state index >= 15 is 0 Å². The van der Waals surface area contributed by atoms with Crippen molar-refractivity contribution in [3.8, 4) is 0 Å². The molecule has 2 rings (SSSR count). The first kappa shape index (κ1) is 14.1. The van der Waals surface area contributed by atoms with Gasteiger partial charge in [-0.2, -0.15) is 0 Å². The van der Waals surface area contributed by atoms with Crippen LogP contribution in [0.3, 0.4) is 0 Å². The molecule has 0 aliphatic rings. The van der Waals surface area contributed by atoms with E-state index in [9.17, 15) is 9.59 Å². The van der Waals surface area contributed by atoms with Crippen LogP contribution in [0.25, 0.3) is 0 Å². The maximum Gasteiger partial charge on any atom is 0.289 e. The van der Waals surface area contributed by atoms with Gasteiger partial charge in [0.05, 0.1) is 12.7 Å². The van der Waals surface area contributed by atoms with Gasteiger partial charge in [-0.3, -0.25) is 9.59 Å². The van der Waals surface area contributed by atoms with Crippen LogP contribution in [0.2, 0.25) is 0 Å². The van der Waals surface area contributed by atoms with E-state index in [1.54, 1.807) is 26.2 Å². The molecule has 0 fully saturated rings. The van der Waals surface area contributed by atoms with Gasteiger partial charge in [-0.25, -0.2) is 4.98 Å². The topological polar surface area (TPSA) is 101 Å². The molecular weight excluding hydrogens is 280 g/mol. The third kappa shape index (κ3) is 3.15. The lowest BCUT2D eigenvalue weighted by Gasteiger charge is -2.06. The largest absolute Gasteiger partial charge is 0.454 e. The van der Waals surface area contributed by atoms with Gasteiger partial charge in [-0.15, -0.1) is 0 Å². The maximum absolute atomic E-state index is 11.8. The fourth-order valence-corrected chi connectivity index (χ4v) is 2.06. The molecule has 2 aromatic rings. The average Bonchev–Trinajstić information content (AvgIpc) is 3.03. The van der Waals surface area contributed by atoms with E-state index in [4.69, 9.17) is 10.2 Å². The van der Waals surface area contributed by atoms with Crippen molar-refractivity contribution in [2.75, 3.05) is 19.8 Å². The average molecular weight is 294 g/mol. The van der Waals surface area contributed by atoms with E-state index in [1.165, 1.54) is 11.1 Å². The number of hydrogen-bond acceptors (Lipinski definition) is 6. The number of nitrogen functional groups attached to an aromatic ring is 1. The van der Waals surface area contributed by atoms with Crippen LogP contribution in [0.1, 0.15) is 26.0 Å². The zero-order chi connectivity index (χ0) is 14.7. The van der Waals surface area contributed by atoms with Gasteiger partial charge in [-0.1, -0.05) is 11.3 Å². The standard InChI is InChI=1S/C12H14N4O3S/c1-16(2)11(18)8-4-3-7(19-8)5-14-10(17)9-6-15-12(13)20-9/h3-4,6H,5H2,1-2H3,(H2,13,15)(H,14,17). The summed E-state index contributed by atoms with van der Waals surface area (Å²) >= 11 is 1.11. The summed E-state index contributed by atoms with van der Waals surface area (Å²) in [6.07, 6.45) is 1.42. The van der Waals surface area contributed by atoms with E-state index < -0.39 is 0 Å². The number of thiazole rings is 1. The van der Waals surface area contributed by atoms with Crippen LogP contribution >= 0.6 is 11.3 Å². The first-order chi connectivity index (χ1) is 9.47. The van der Waals surface area contributed by atoms with Gasteiger partial charge in [0, 0.05) is 14.1 Å². The van der Waals surface area contributed by atoms with Gasteiger partial charge in [0.15, 0.2) is 10.9 Å². The van der Waals surface area contributed by atoms with Gasteiger partial charge in [0.1, 0.15) is 10.6 Å². The Balaban J connectivity index is 1.95. The fourth-order valence-electron chi connectivity index (χ4n) is 1.46. The number of nitrogens with one attached hydrogen (secondary N) is 1. The summed E-state index contributed by atoms with van der Waals surface area (Å²) in [6, 6.07) is 3.23. The highest BCUT2D eigenvalue weighted by Gasteiger charge is 2.14. The van der Waals surface area contributed by atoms with Crippen LogP contribution < -0.4 is 11.1 Å². The number of amides is 2. The molecule has 2 heterocycles. The summed E-state index contributed by atoms with van der Waals surface area (Å²) in [6.45, 7) is 0.192. The number of hydrogen-bond donors (Lipinski definition) is 2. The van der Waals surface area contributed by atoms with Crippen molar-refractivity contribution in [2.45, 2.75) is 6.54 Å². The van der Waals surface area contributed by atoms with Gasteiger partial charge in [-0.05, 0) is 12.1 Å². The van der Waals surface area contributed by atoms with Crippen molar-refractivity contribution >= 4 is 28.3 Å². The van der Waals surface area contributed by atoms with E-state index in [0.717, 1.165) is 11.3 Å². The number of carbonyl (C=O) groups is 2. The molecule has 2 aromatic heterocycles. The Labute approximate surface area is 119 Å². The van der Waals surface area contributed by atoms with Crippen molar-refractivity contribution in [3.63, 3.8) is 0 Å². The van der Waals surface area contributed by atoms with Crippen LogP contribution in [0.4, 0.5) is 5.13 Å². The molecule has 0 aliphatic heterocycles. The van der Waals surface area contributed by atoms with Crippen molar-refractivity contribution in [1.29, 1.82) is 0 Å². The van der Waals surface area contributed by atoms with Gasteiger partial charge in [0.25, 0.3) is 11.8 Å². The molecule has 0 saturated carbocycles. The molecule has 20 heavy (non-hydrogen) atoms. The third-order valence-electron chi connectivity index (χ3n) is 2.45.